The summed E-state index contributed by atoms with van der Waals surface area (Å²) >= 11 is 0. The van der Waals surface area contributed by atoms with E-state index < -0.39 is 0 Å². The minimum atomic E-state index is 0.183. The molecule has 0 unspecified atom stereocenters. The van der Waals surface area contributed by atoms with E-state index in [-0.39, 0.29) is 5.41 Å². The Balaban J connectivity index is 2.59. The molecule has 0 fully saturated rings. The topological polar surface area (TPSA) is 24.1 Å². The molecule has 2 nitrogen and oxygen atoms in total. The molecule has 0 amide bonds. The summed E-state index contributed by atoms with van der Waals surface area (Å²) in [6.45, 7) is 15.3. The van der Waals surface area contributed by atoms with Crippen LogP contribution in [0.5, 0.6) is 0 Å². The van der Waals surface area contributed by atoms with Gasteiger partial charge in [-0.05, 0) is 31.5 Å². The molecule has 0 aliphatic rings. The van der Waals surface area contributed by atoms with E-state index in [0.29, 0.717) is 0 Å². The van der Waals surface area contributed by atoms with Crippen LogP contribution < -0.4 is 10.6 Å². The summed E-state index contributed by atoms with van der Waals surface area (Å²) in [5.41, 5.74) is 4.37. The minimum Gasteiger partial charge on any atom is -0.316 e. The van der Waals surface area contributed by atoms with E-state index in [0.717, 1.165) is 26.2 Å². The number of benzene rings is 1. The van der Waals surface area contributed by atoms with Gasteiger partial charge in [0.05, 0.1) is 0 Å². The van der Waals surface area contributed by atoms with Gasteiger partial charge in [-0.15, -0.1) is 0 Å². The summed E-state index contributed by atoms with van der Waals surface area (Å²) in [6.07, 6.45) is 0. The van der Waals surface area contributed by atoms with Crippen LogP contribution in [0.15, 0.2) is 18.2 Å². The Hall–Kier alpha value is -0.860. The van der Waals surface area contributed by atoms with Crippen molar-refractivity contribution < 1.29 is 0 Å². The van der Waals surface area contributed by atoms with Crippen molar-refractivity contribution in [3.63, 3.8) is 0 Å². The monoisotopic (exact) mass is 248 g/mol. The zero-order valence-electron chi connectivity index (χ0n) is 12.6. The van der Waals surface area contributed by atoms with Crippen LogP contribution in [0, 0.1) is 13.8 Å². The van der Waals surface area contributed by atoms with E-state index >= 15 is 0 Å². The second kappa shape index (κ2) is 6.91. The van der Waals surface area contributed by atoms with Crippen molar-refractivity contribution in [2.24, 2.45) is 0 Å². The van der Waals surface area contributed by atoms with Crippen LogP contribution in [-0.2, 0) is 5.41 Å². The lowest BCUT2D eigenvalue weighted by Gasteiger charge is -2.28. The van der Waals surface area contributed by atoms with Gasteiger partial charge in [0.2, 0.25) is 0 Å². The molecule has 2 heteroatoms. The highest BCUT2D eigenvalue weighted by Gasteiger charge is 2.21. The quantitative estimate of drug-likeness (QED) is 0.725. The Morgan fingerprint density at radius 3 is 2.39 bits per heavy atom. The number of likely N-dealkylation sites (N-methyl/N-ethyl adjacent to an activating group) is 1. The van der Waals surface area contributed by atoms with Gasteiger partial charge in [-0.3, -0.25) is 0 Å². The summed E-state index contributed by atoms with van der Waals surface area (Å²) in [5.74, 6) is 0. The standard InChI is InChI=1S/C16H28N2/c1-6-17-9-10-18-12-16(4,5)15-11-13(2)7-8-14(15)3/h7-8,11,17-18H,6,9-10,12H2,1-5H3. The van der Waals surface area contributed by atoms with E-state index in [4.69, 9.17) is 0 Å². The molecule has 0 aliphatic heterocycles. The third kappa shape index (κ3) is 4.43. The van der Waals surface area contributed by atoms with Crippen LogP contribution >= 0.6 is 0 Å². The smallest absolute Gasteiger partial charge is 0.00770 e. The number of hydrogen-bond donors (Lipinski definition) is 2. The van der Waals surface area contributed by atoms with Crippen molar-refractivity contribution in [2.45, 2.75) is 40.0 Å². The normalized spacial score (nSPS) is 11.8. The van der Waals surface area contributed by atoms with Gasteiger partial charge in [0.25, 0.3) is 0 Å². The molecule has 1 aromatic rings. The van der Waals surface area contributed by atoms with Crippen LogP contribution in [-0.4, -0.2) is 26.2 Å². The average molecular weight is 248 g/mol. The lowest BCUT2D eigenvalue weighted by Crippen LogP contribution is -2.37. The Labute approximate surface area is 112 Å². The highest BCUT2D eigenvalue weighted by Crippen LogP contribution is 2.26. The van der Waals surface area contributed by atoms with Gasteiger partial charge < -0.3 is 10.6 Å². The first-order valence-electron chi connectivity index (χ1n) is 6.96. The van der Waals surface area contributed by atoms with Gasteiger partial charge in [0.1, 0.15) is 0 Å². The molecule has 0 heterocycles. The van der Waals surface area contributed by atoms with E-state index in [9.17, 15) is 0 Å². The molecule has 0 saturated carbocycles. The van der Waals surface area contributed by atoms with Crippen LogP contribution in [0.3, 0.4) is 0 Å². The first kappa shape index (κ1) is 15.2. The molecule has 1 rings (SSSR count). The second-order valence-electron chi connectivity index (χ2n) is 5.73. The van der Waals surface area contributed by atoms with Gasteiger partial charge in [-0.1, -0.05) is 44.5 Å². The fraction of sp³-hybridized carbons (Fsp3) is 0.625. The maximum Gasteiger partial charge on any atom is 0.00770 e. The largest absolute Gasteiger partial charge is 0.316 e. The molecule has 0 spiro atoms. The number of aryl methyl sites for hydroxylation is 2. The molecule has 0 aromatic heterocycles. The SMILES string of the molecule is CCNCCNCC(C)(C)c1cc(C)ccc1C. The lowest BCUT2D eigenvalue weighted by molar-refractivity contribution is 0.464. The zero-order valence-corrected chi connectivity index (χ0v) is 12.6. The van der Waals surface area contributed by atoms with Crippen LogP contribution in [0.2, 0.25) is 0 Å². The lowest BCUT2D eigenvalue weighted by atomic mass is 9.81. The molecule has 18 heavy (non-hydrogen) atoms. The Morgan fingerprint density at radius 1 is 1.06 bits per heavy atom. The molecule has 1 aromatic carbocycles. The average Bonchev–Trinajstić information content (AvgIpc) is 2.32. The van der Waals surface area contributed by atoms with Crippen LogP contribution in [0.4, 0.5) is 0 Å². The summed E-state index contributed by atoms with van der Waals surface area (Å²) < 4.78 is 0. The van der Waals surface area contributed by atoms with E-state index in [2.05, 4.69) is 63.5 Å². The molecule has 0 aliphatic carbocycles. The van der Waals surface area contributed by atoms with Gasteiger partial charge in [-0.25, -0.2) is 0 Å². The molecule has 0 bridgehead atoms. The fourth-order valence-electron chi connectivity index (χ4n) is 2.31. The minimum absolute atomic E-state index is 0.183. The molecule has 0 atom stereocenters. The highest BCUT2D eigenvalue weighted by atomic mass is 14.9. The van der Waals surface area contributed by atoms with Crippen molar-refractivity contribution in [2.75, 3.05) is 26.2 Å². The third-order valence-electron chi connectivity index (χ3n) is 3.42. The molecular weight excluding hydrogens is 220 g/mol. The number of rotatable bonds is 7. The van der Waals surface area contributed by atoms with Crippen LogP contribution in [0.1, 0.15) is 37.5 Å². The van der Waals surface area contributed by atoms with Crippen LogP contribution in [0.25, 0.3) is 0 Å². The first-order chi connectivity index (χ1) is 8.47. The summed E-state index contributed by atoms with van der Waals surface area (Å²) in [6, 6.07) is 6.74. The maximum absolute atomic E-state index is 3.54. The first-order valence-corrected chi connectivity index (χ1v) is 6.96. The van der Waals surface area contributed by atoms with Gasteiger partial charge in [0.15, 0.2) is 0 Å². The maximum atomic E-state index is 3.54. The van der Waals surface area contributed by atoms with Gasteiger partial charge >= 0.3 is 0 Å². The summed E-state index contributed by atoms with van der Waals surface area (Å²) in [4.78, 5) is 0. The molecule has 0 radical (unpaired) electrons. The Bertz CT molecular complexity index is 369. The van der Waals surface area contributed by atoms with E-state index in [1.807, 2.05) is 0 Å². The van der Waals surface area contributed by atoms with Gasteiger partial charge in [0, 0.05) is 25.0 Å². The van der Waals surface area contributed by atoms with Gasteiger partial charge in [-0.2, -0.15) is 0 Å². The fourth-order valence-corrected chi connectivity index (χ4v) is 2.31. The van der Waals surface area contributed by atoms with Crippen molar-refractivity contribution in [3.8, 4) is 0 Å². The highest BCUT2D eigenvalue weighted by molar-refractivity contribution is 5.36. The predicted molar refractivity (Wildman–Crippen MR) is 80.4 cm³/mol. The summed E-state index contributed by atoms with van der Waals surface area (Å²) in [7, 11) is 0. The number of nitrogens with one attached hydrogen (secondary N) is 2. The molecular formula is C16H28N2. The molecule has 0 saturated heterocycles. The molecule has 2 N–H and O–H groups in total. The van der Waals surface area contributed by atoms with E-state index in [1.165, 1.54) is 16.7 Å². The number of hydrogen-bond acceptors (Lipinski definition) is 2. The molecule has 102 valence electrons. The Kier molecular flexibility index (Phi) is 5.83. The third-order valence-corrected chi connectivity index (χ3v) is 3.42. The summed E-state index contributed by atoms with van der Waals surface area (Å²) in [5, 5.41) is 6.88. The van der Waals surface area contributed by atoms with Crippen molar-refractivity contribution >= 4 is 0 Å². The van der Waals surface area contributed by atoms with Crippen molar-refractivity contribution in [3.05, 3.63) is 34.9 Å². The zero-order chi connectivity index (χ0) is 13.6. The Morgan fingerprint density at radius 2 is 1.72 bits per heavy atom. The van der Waals surface area contributed by atoms with E-state index in [1.54, 1.807) is 0 Å². The predicted octanol–water partition coefficient (Wildman–Crippen LogP) is 2.78. The second-order valence-corrected chi connectivity index (χ2v) is 5.73. The van der Waals surface area contributed by atoms with Crippen molar-refractivity contribution in [1.29, 1.82) is 0 Å². The van der Waals surface area contributed by atoms with Crippen molar-refractivity contribution in [1.82, 2.24) is 10.6 Å².